The summed E-state index contributed by atoms with van der Waals surface area (Å²) < 4.78 is 0. The van der Waals surface area contributed by atoms with Crippen LogP contribution in [0, 0.1) is 11.8 Å². The topological polar surface area (TPSA) is 37.8 Å². The van der Waals surface area contributed by atoms with Crippen molar-refractivity contribution in [3.05, 3.63) is 24.3 Å². The van der Waals surface area contributed by atoms with E-state index in [4.69, 9.17) is 0 Å². The van der Waals surface area contributed by atoms with Crippen molar-refractivity contribution in [3.63, 3.8) is 0 Å². The summed E-state index contributed by atoms with van der Waals surface area (Å²) >= 11 is 0. The van der Waals surface area contributed by atoms with Crippen molar-refractivity contribution in [2.45, 2.75) is 51.9 Å². The molecule has 19 heavy (non-hydrogen) atoms. The summed E-state index contributed by atoms with van der Waals surface area (Å²) in [5.41, 5.74) is 1.34. The molecule has 1 N–H and O–H groups in total. The Morgan fingerprint density at radius 3 is 2.68 bits per heavy atom. The summed E-state index contributed by atoms with van der Waals surface area (Å²) in [6.45, 7) is 6.68. The molecule has 0 spiro atoms. The smallest absolute Gasteiger partial charge is 0.115 e. The number of aromatic nitrogens is 2. The molecule has 1 fully saturated rings. The average molecular weight is 261 g/mol. The van der Waals surface area contributed by atoms with E-state index in [1.54, 1.807) is 6.33 Å². The highest BCUT2D eigenvalue weighted by Gasteiger charge is 2.31. The first-order valence-electron chi connectivity index (χ1n) is 7.80. The van der Waals surface area contributed by atoms with E-state index >= 15 is 0 Å². The lowest BCUT2D eigenvalue weighted by Crippen LogP contribution is -2.32. The Bertz CT molecular complexity index is 352. The van der Waals surface area contributed by atoms with Crippen LogP contribution in [0.3, 0.4) is 0 Å². The molecule has 3 atom stereocenters. The van der Waals surface area contributed by atoms with Gasteiger partial charge in [-0.1, -0.05) is 33.1 Å². The molecule has 0 bridgehead atoms. The highest BCUT2D eigenvalue weighted by molar-refractivity contribution is 5.13. The SMILES string of the molecule is CCCC1CCC(CNCC)C(c2cncnc2)C1. The molecule has 1 aliphatic rings. The number of nitrogens with one attached hydrogen (secondary N) is 1. The summed E-state index contributed by atoms with van der Waals surface area (Å²) in [4.78, 5) is 8.43. The Hall–Kier alpha value is -0.960. The Labute approximate surface area is 117 Å². The van der Waals surface area contributed by atoms with E-state index in [2.05, 4.69) is 29.1 Å². The van der Waals surface area contributed by atoms with Crippen molar-refractivity contribution in [2.75, 3.05) is 13.1 Å². The van der Waals surface area contributed by atoms with Crippen LogP contribution in [0.2, 0.25) is 0 Å². The summed E-state index contributed by atoms with van der Waals surface area (Å²) in [5.74, 6) is 2.29. The molecule has 0 radical (unpaired) electrons. The number of hydrogen-bond donors (Lipinski definition) is 1. The molecule has 0 amide bonds. The fourth-order valence-electron chi connectivity index (χ4n) is 3.48. The first-order chi connectivity index (χ1) is 9.35. The second kappa shape index (κ2) is 7.59. The molecular weight excluding hydrogens is 234 g/mol. The maximum absolute atomic E-state index is 4.21. The second-order valence-electron chi connectivity index (χ2n) is 5.81. The quantitative estimate of drug-likeness (QED) is 0.853. The molecule has 106 valence electrons. The second-order valence-corrected chi connectivity index (χ2v) is 5.81. The van der Waals surface area contributed by atoms with Gasteiger partial charge in [0.1, 0.15) is 6.33 Å². The monoisotopic (exact) mass is 261 g/mol. The standard InChI is InChI=1S/C16H27N3/c1-3-5-13-6-7-14(9-17-4-2)16(8-13)15-10-18-12-19-11-15/h10-14,16-17H,3-9H2,1-2H3. The van der Waals surface area contributed by atoms with Crippen molar-refractivity contribution < 1.29 is 0 Å². The highest BCUT2D eigenvalue weighted by atomic mass is 14.9. The molecule has 0 aliphatic heterocycles. The normalized spacial score (nSPS) is 27.4. The molecule has 3 nitrogen and oxygen atoms in total. The van der Waals surface area contributed by atoms with Crippen LogP contribution in [0.25, 0.3) is 0 Å². The third kappa shape index (κ3) is 4.00. The third-order valence-electron chi connectivity index (χ3n) is 4.46. The van der Waals surface area contributed by atoms with Crippen LogP contribution < -0.4 is 5.32 Å². The first kappa shape index (κ1) is 14.4. The number of nitrogens with zero attached hydrogens (tertiary/aromatic N) is 2. The van der Waals surface area contributed by atoms with Crippen molar-refractivity contribution in [2.24, 2.45) is 11.8 Å². The van der Waals surface area contributed by atoms with E-state index < -0.39 is 0 Å². The van der Waals surface area contributed by atoms with Gasteiger partial charge >= 0.3 is 0 Å². The van der Waals surface area contributed by atoms with Crippen molar-refractivity contribution in [3.8, 4) is 0 Å². The van der Waals surface area contributed by atoms with Gasteiger partial charge in [0, 0.05) is 12.4 Å². The predicted molar refractivity (Wildman–Crippen MR) is 79.1 cm³/mol. The van der Waals surface area contributed by atoms with Crippen LogP contribution >= 0.6 is 0 Å². The van der Waals surface area contributed by atoms with Gasteiger partial charge in [-0.15, -0.1) is 0 Å². The zero-order chi connectivity index (χ0) is 13.5. The van der Waals surface area contributed by atoms with E-state index in [0.717, 1.165) is 24.9 Å². The Balaban J connectivity index is 2.06. The van der Waals surface area contributed by atoms with Crippen molar-refractivity contribution in [1.29, 1.82) is 0 Å². The minimum Gasteiger partial charge on any atom is -0.317 e. The summed E-state index contributed by atoms with van der Waals surface area (Å²) in [6.07, 6.45) is 12.4. The maximum atomic E-state index is 4.21. The van der Waals surface area contributed by atoms with E-state index in [1.807, 2.05) is 12.4 Å². The maximum Gasteiger partial charge on any atom is 0.115 e. The fourth-order valence-corrected chi connectivity index (χ4v) is 3.48. The molecular formula is C16H27N3. The van der Waals surface area contributed by atoms with Crippen LogP contribution in [0.5, 0.6) is 0 Å². The van der Waals surface area contributed by atoms with Crippen LogP contribution in [-0.4, -0.2) is 23.1 Å². The van der Waals surface area contributed by atoms with Crippen LogP contribution in [0.4, 0.5) is 0 Å². The van der Waals surface area contributed by atoms with Gasteiger partial charge in [-0.05, 0) is 49.2 Å². The lowest BCUT2D eigenvalue weighted by atomic mass is 9.70. The Morgan fingerprint density at radius 2 is 2.00 bits per heavy atom. The van der Waals surface area contributed by atoms with Gasteiger partial charge in [0.2, 0.25) is 0 Å². The molecule has 3 heteroatoms. The first-order valence-corrected chi connectivity index (χ1v) is 7.80. The lowest BCUT2D eigenvalue weighted by molar-refractivity contribution is 0.220. The van der Waals surface area contributed by atoms with Gasteiger partial charge in [-0.25, -0.2) is 9.97 Å². The molecule has 3 unspecified atom stereocenters. The van der Waals surface area contributed by atoms with Crippen LogP contribution in [0.1, 0.15) is 57.4 Å². The molecule has 2 rings (SSSR count). The average Bonchev–Trinajstić information content (AvgIpc) is 2.47. The van der Waals surface area contributed by atoms with E-state index in [-0.39, 0.29) is 0 Å². The molecule has 1 saturated carbocycles. The third-order valence-corrected chi connectivity index (χ3v) is 4.46. The fraction of sp³-hybridized carbons (Fsp3) is 0.750. The zero-order valence-corrected chi connectivity index (χ0v) is 12.3. The van der Waals surface area contributed by atoms with Crippen molar-refractivity contribution in [1.82, 2.24) is 15.3 Å². The predicted octanol–water partition coefficient (Wildman–Crippen LogP) is 3.39. The minimum atomic E-state index is 0.644. The number of rotatable bonds is 6. The largest absolute Gasteiger partial charge is 0.317 e. The molecule has 1 heterocycles. The minimum absolute atomic E-state index is 0.644. The Morgan fingerprint density at radius 1 is 1.21 bits per heavy atom. The number of hydrogen-bond acceptors (Lipinski definition) is 3. The molecule has 1 aromatic heterocycles. The molecule has 0 saturated heterocycles. The Kier molecular flexibility index (Phi) is 5.77. The zero-order valence-electron chi connectivity index (χ0n) is 12.3. The van der Waals surface area contributed by atoms with Gasteiger partial charge < -0.3 is 5.32 Å². The van der Waals surface area contributed by atoms with Gasteiger partial charge in [0.25, 0.3) is 0 Å². The van der Waals surface area contributed by atoms with Gasteiger partial charge in [-0.2, -0.15) is 0 Å². The molecule has 1 aromatic rings. The van der Waals surface area contributed by atoms with Gasteiger partial charge in [0.05, 0.1) is 0 Å². The van der Waals surface area contributed by atoms with Gasteiger partial charge in [-0.3, -0.25) is 0 Å². The van der Waals surface area contributed by atoms with Crippen LogP contribution in [-0.2, 0) is 0 Å². The highest BCUT2D eigenvalue weighted by Crippen LogP contribution is 2.41. The summed E-state index contributed by atoms with van der Waals surface area (Å²) in [6, 6.07) is 0. The summed E-state index contributed by atoms with van der Waals surface area (Å²) in [5, 5.41) is 3.52. The van der Waals surface area contributed by atoms with Crippen molar-refractivity contribution >= 4 is 0 Å². The molecule has 1 aliphatic carbocycles. The van der Waals surface area contributed by atoms with E-state index in [9.17, 15) is 0 Å². The van der Waals surface area contributed by atoms with E-state index in [1.165, 1.54) is 37.7 Å². The van der Waals surface area contributed by atoms with Crippen LogP contribution in [0.15, 0.2) is 18.7 Å². The van der Waals surface area contributed by atoms with Gasteiger partial charge in [0.15, 0.2) is 0 Å². The lowest BCUT2D eigenvalue weighted by Gasteiger charge is -2.36. The molecule has 0 aromatic carbocycles. The summed E-state index contributed by atoms with van der Waals surface area (Å²) in [7, 11) is 0. The van der Waals surface area contributed by atoms with E-state index in [0.29, 0.717) is 5.92 Å².